The van der Waals surface area contributed by atoms with Crippen molar-refractivity contribution in [2.75, 3.05) is 0 Å². The van der Waals surface area contributed by atoms with Gasteiger partial charge in [0.2, 0.25) is 5.91 Å². The van der Waals surface area contributed by atoms with Crippen molar-refractivity contribution in [2.24, 2.45) is 4.99 Å². The van der Waals surface area contributed by atoms with Gasteiger partial charge in [-0.1, -0.05) is 0 Å². The van der Waals surface area contributed by atoms with Crippen LogP contribution in [-0.4, -0.2) is 20.5 Å². The molecule has 0 fully saturated rings. The quantitative estimate of drug-likeness (QED) is 0.879. The van der Waals surface area contributed by atoms with Crippen molar-refractivity contribution in [3.63, 3.8) is 0 Å². The van der Waals surface area contributed by atoms with Crippen molar-refractivity contribution in [2.45, 2.75) is 18.7 Å². The molecule has 1 aromatic carbocycles. The highest BCUT2D eigenvalue weighted by atomic mass is 32.2. The maximum absolute atomic E-state index is 11.8. The number of nitrogens with one attached hydrogen (secondary N) is 1. The first-order chi connectivity index (χ1) is 9.87. The lowest BCUT2D eigenvalue weighted by Gasteiger charge is -2.04. The van der Waals surface area contributed by atoms with Crippen molar-refractivity contribution in [3.05, 3.63) is 46.2 Å². The highest BCUT2D eigenvalue weighted by molar-refractivity contribution is 7.90. The summed E-state index contributed by atoms with van der Waals surface area (Å²) in [6, 6.07) is 9.99. The minimum Gasteiger partial charge on any atom is -0.274 e. The molecule has 7 heteroatoms. The van der Waals surface area contributed by atoms with E-state index in [1.807, 2.05) is 23.8 Å². The number of sulfonamides is 1. The molecule has 0 bridgehead atoms. The topological polar surface area (TPSA) is 75.6 Å². The summed E-state index contributed by atoms with van der Waals surface area (Å²) in [5, 5.41) is 0. The Labute approximate surface area is 127 Å². The molecule has 1 N–H and O–H groups in total. The Morgan fingerprint density at radius 1 is 1.19 bits per heavy atom. The first-order valence-electron chi connectivity index (χ1n) is 6.11. The third-order valence-corrected chi connectivity index (χ3v) is 4.91. The number of thiophene rings is 1. The summed E-state index contributed by atoms with van der Waals surface area (Å²) >= 11 is 1.63. The number of aliphatic imine (C=N–C) groups is 1. The molecule has 0 radical (unpaired) electrons. The monoisotopic (exact) mass is 322 g/mol. The van der Waals surface area contributed by atoms with E-state index in [1.165, 1.54) is 17.0 Å². The molecule has 1 heterocycles. The Morgan fingerprint density at radius 2 is 1.86 bits per heavy atom. The van der Waals surface area contributed by atoms with Gasteiger partial charge in [0, 0.05) is 22.9 Å². The van der Waals surface area contributed by atoms with Crippen LogP contribution in [-0.2, 0) is 14.8 Å². The molecule has 0 unspecified atom stereocenters. The highest BCUT2D eigenvalue weighted by Gasteiger charge is 2.14. The normalized spacial score (nSPS) is 11.7. The summed E-state index contributed by atoms with van der Waals surface area (Å²) < 4.78 is 25.4. The average Bonchev–Trinajstić information content (AvgIpc) is 2.81. The SMILES string of the molecule is CC(=O)NS(=O)(=O)c1ccc(N=Cc2ccc(C)s2)cc1. The molecule has 0 aliphatic rings. The maximum Gasteiger partial charge on any atom is 0.264 e. The first kappa shape index (κ1) is 15.4. The largest absolute Gasteiger partial charge is 0.274 e. The van der Waals surface area contributed by atoms with E-state index in [9.17, 15) is 13.2 Å². The number of carbonyl (C=O) groups excluding carboxylic acids is 1. The van der Waals surface area contributed by atoms with Crippen LogP contribution in [0.4, 0.5) is 5.69 Å². The zero-order chi connectivity index (χ0) is 15.5. The van der Waals surface area contributed by atoms with Crippen molar-refractivity contribution >= 4 is 39.2 Å². The second kappa shape index (κ2) is 6.19. The third kappa shape index (κ3) is 4.24. The van der Waals surface area contributed by atoms with Crippen LogP contribution in [0.15, 0.2) is 46.3 Å². The van der Waals surface area contributed by atoms with Crippen molar-refractivity contribution < 1.29 is 13.2 Å². The van der Waals surface area contributed by atoms with E-state index in [1.54, 1.807) is 29.7 Å². The first-order valence-corrected chi connectivity index (χ1v) is 8.41. The summed E-state index contributed by atoms with van der Waals surface area (Å²) in [5.74, 6) is -0.620. The van der Waals surface area contributed by atoms with Crippen LogP contribution >= 0.6 is 11.3 Å². The number of carbonyl (C=O) groups is 1. The lowest BCUT2D eigenvalue weighted by atomic mass is 10.3. The Morgan fingerprint density at radius 3 is 2.38 bits per heavy atom. The van der Waals surface area contributed by atoms with E-state index in [2.05, 4.69) is 4.99 Å². The molecule has 0 aliphatic carbocycles. The predicted molar refractivity (Wildman–Crippen MR) is 83.8 cm³/mol. The Hall–Kier alpha value is -1.99. The summed E-state index contributed by atoms with van der Waals surface area (Å²) in [4.78, 5) is 17.4. The molecule has 0 saturated carbocycles. The van der Waals surface area contributed by atoms with Gasteiger partial charge in [-0.3, -0.25) is 9.79 Å². The molecule has 0 atom stereocenters. The van der Waals surface area contributed by atoms with E-state index in [0.717, 1.165) is 11.8 Å². The third-order valence-electron chi connectivity index (χ3n) is 2.53. The van der Waals surface area contributed by atoms with E-state index in [0.29, 0.717) is 5.69 Å². The van der Waals surface area contributed by atoms with Crippen LogP contribution in [0, 0.1) is 6.92 Å². The lowest BCUT2D eigenvalue weighted by Crippen LogP contribution is -2.28. The van der Waals surface area contributed by atoms with Gasteiger partial charge in [-0.2, -0.15) is 0 Å². The summed E-state index contributed by atoms with van der Waals surface area (Å²) in [5.41, 5.74) is 0.642. The number of rotatable bonds is 4. The zero-order valence-corrected chi connectivity index (χ0v) is 13.2. The summed E-state index contributed by atoms with van der Waals surface area (Å²) in [6.45, 7) is 3.17. The van der Waals surface area contributed by atoms with Gasteiger partial charge in [-0.15, -0.1) is 11.3 Å². The Balaban J connectivity index is 2.16. The predicted octanol–water partition coefficient (Wildman–Crippen LogP) is 2.63. The molecular weight excluding hydrogens is 308 g/mol. The van der Waals surface area contributed by atoms with Gasteiger partial charge < -0.3 is 0 Å². The fraction of sp³-hybridized carbons (Fsp3) is 0.143. The van der Waals surface area contributed by atoms with Gasteiger partial charge in [0.25, 0.3) is 10.0 Å². The van der Waals surface area contributed by atoms with E-state index < -0.39 is 15.9 Å². The lowest BCUT2D eigenvalue weighted by molar-refractivity contribution is -0.117. The minimum absolute atomic E-state index is 0.0311. The number of hydrogen-bond donors (Lipinski definition) is 1. The molecule has 0 saturated heterocycles. The van der Waals surface area contributed by atoms with Gasteiger partial charge in [0.1, 0.15) is 0 Å². The fourth-order valence-electron chi connectivity index (χ4n) is 1.62. The van der Waals surface area contributed by atoms with E-state index in [4.69, 9.17) is 0 Å². The molecule has 0 aliphatic heterocycles. The zero-order valence-electron chi connectivity index (χ0n) is 11.5. The number of amides is 1. The second-order valence-corrected chi connectivity index (χ2v) is 7.36. The van der Waals surface area contributed by atoms with Gasteiger partial charge in [-0.05, 0) is 43.3 Å². The van der Waals surface area contributed by atoms with Crippen molar-refractivity contribution in [1.29, 1.82) is 0 Å². The molecule has 5 nitrogen and oxygen atoms in total. The smallest absolute Gasteiger partial charge is 0.264 e. The van der Waals surface area contributed by atoms with E-state index >= 15 is 0 Å². The Kier molecular flexibility index (Phi) is 4.54. The summed E-state index contributed by atoms with van der Waals surface area (Å²) in [6.07, 6.45) is 1.73. The number of benzene rings is 1. The van der Waals surface area contributed by atoms with Crippen molar-refractivity contribution in [3.8, 4) is 0 Å². The Bertz CT molecular complexity index is 775. The molecular formula is C14H14N2O3S2. The number of hydrogen-bond acceptors (Lipinski definition) is 5. The summed E-state index contributed by atoms with van der Waals surface area (Å²) in [7, 11) is -3.79. The molecule has 2 rings (SSSR count). The molecule has 0 spiro atoms. The fourth-order valence-corrected chi connectivity index (χ4v) is 3.36. The van der Waals surface area contributed by atoms with Crippen LogP contribution < -0.4 is 4.72 Å². The van der Waals surface area contributed by atoms with Crippen LogP contribution in [0.25, 0.3) is 0 Å². The van der Waals surface area contributed by atoms with Crippen LogP contribution in [0.1, 0.15) is 16.7 Å². The minimum atomic E-state index is -3.79. The maximum atomic E-state index is 11.8. The highest BCUT2D eigenvalue weighted by Crippen LogP contribution is 2.18. The molecule has 110 valence electrons. The molecule has 1 amide bonds. The van der Waals surface area contributed by atoms with Gasteiger partial charge >= 0.3 is 0 Å². The van der Waals surface area contributed by atoms with Crippen molar-refractivity contribution in [1.82, 2.24) is 4.72 Å². The average molecular weight is 322 g/mol. The van der Waals surface area contributed by atoms with Crippen LogP contribution in [0.3, 0.4) is 0 Å². The second-order valence-electron chi connectivity index (χ2n) is 4.36. The van der Waals surface area contributed by atoms with E-state index in [-0.39, 0.29) is 4.90 Å². The number of nitrogens with zero attached hydrogens (tertiary/aromatic N) is 1. The van der Waals surface area contributed by atoms with Crippen LogP contribution in [0.5, 0.6) is 0 Å². The van der Waals surface area contributed by atoms with Gasteiger partial charge in [-0.25, -0.2) is 13.1 Å². The standard InChI is InChI=1S/C14H14N2O3S2/c1-10-3-6-13(20-10)9-15-12-4-7-14(8-5-12)21(18,19)16-11(2)17/h3-9H,1-2H3,(H,16,17). The van der Waals surface area contributed by atoms with Gasteiger partial charge in [0.05, 0.1) is 10.6 Å². The molecule has 2 aromatic rings. The molecule has 1 aromatic heterocycles. The number of aryl methyl sites for hydroxylation is 1. The molecule has 21 heavy (non-hydrogen) atoms. The van der Waals surface area contributed by atoms with Gasteiger partial charge in [0.15, 0.2) is 0 Å². The van der Waals surface area contributed by atoms with Crippen LogP contribution in [0.2, 0.25) is 0 Å².